The van der Waals surface area contributed by atoms with Crippen LogP contribution < -0.4 is 14.8 Å². The van der Waals surface area contributed by atoms with Crippen LogP contribution in [0.4, 0.5) is 17.3 Å². The Kier molecular flexibility index (Phi) is 5.81. The average Bonchev–Trinajstić information content (AvgIpc) is 2.75. The molecule has 2 aromatic heterocycles. The molecular weight excluding hydrogens is 461 g/mol. The van der Waals surface area contributed by atoms with Gasteiger partial charge in [0.1, 0.15) is 15.8 Å². The molecule has 0 saturated heterocycles. The number of nitrogens with one attached hydrogen (secondary N) is 2. The summed E-state index contributed by atoms with van der Waals surface area (Å²) in [5.74, 6) is 0.724. The third-order valence-electron chi connectivity index (χ3n) is 4.24. The molecule has 8 nitrogen and oxygen atoms in total. The minimum atomic E-state index is -4.01. The molecule has 31 heavy (non-hydrogen) atoms. The first kappa shape index (κ1) is 21.1. The maximum absolute atomic E-state index is 12.9. The number of nitrogens with zero attached hydrogens (tertiary/aromatic N) is 3. The summed E-state index contributed by atoms with van der Waals surface area (Å²) in [6.07, 6.45) is 1.16. The van der Waals surface area contributed by atoms with E-state index in [0.29, 0.717) is 27.5 Å². The second kappa shape index (κ2) is 8.54. The molecular formula is C20H15Cl2N5O3S. The molecule has 0 aliphatic rings. The Bertz CT molecular complexity index is 1370. The van der Waals surface area contributed by atoms with Gasteiger partial charge in [0.2, 0.25) is 0 Å². The van der Waals surface area contributed by atoms with Crippen LogP contribution in [0.3, 0.4) is 0 Å². The van der Waals surface area contributed by atoms with Crippen molar-refractivity contribution in [2.24, 2.45) is 0 Å². The zero-order valence-corrected chi connectivity index (χ0v) is 18.3. The number of hydrogen-bond donors (Lipinski definition) is 2. The van der Waals surface area contributed by atoms with Gasteiger partial charge in [-0.3, -0.25) is 4.72 Å². The van der Waals surface area contributed by atoms with Crippen LogP contribution in [-0.2, 0) is 10.0 Å². The zero-order valence-electron chi connectivity index (χ0n) is 16.0. The Morgan fingerprint density at radius 3 is 2.29 bits per heavy atom. The van der Waals surface area contributed by atoms with E-state index >= 15 is 0 Å². The van der Waals surface area contributed by atoms with Crippen molar-refractivity contribution in [2.45, 2.75) is 4.90 Å². The van der Waals surface area contributed by atoms with E-state index in [1.54, 1.807) is 36.4 Å². The highest BCUT2D eigenvalue weighted by atomic mass is 35.5. The third-order valence-corrected chi connectivity index (χ3v) is 6.12. The zero-order chi connectivity index (χ0) is 22.0. The molecule has 0 spiro atoms. The largest absolute Gasteiger partial charge is 0.497 e. The third kappa shape index (κ3) is 4.63. The first-order valence-electron chi connectivity index (χ1n) is 8.87. The second-order valence-electron chi connectivity index (χ2n) is 6.30. The van der Waals surface area contributed by atoms with Gasteiger partial charge in [0.15, 0.2) is 11.6 Å². The molecule has 0 unspecified atom stereocenters. The van der Waals surface area contributed by atoms with Gasteiger partial charge in [-0.15, -0.1) is 0 Å². The molecule has 0 atom stereocenters. The number of para-hydroxylation sites is 2. The number of methoxy groups -OCH3 is 1. The highest BCUT2D eigenvalue weighted by Crippen LogP contribution is 2.32. The highest BCUT2D eigenvalue weighted by Gasteiger charge is 2.20. The Hall–Kier alpha value is -3.14. The lowest BCUT2D eigenvalue weighted by molar-refractivity contribution is 0.415. The Morgan fingerprint density at radius 1 is 0.935 bits per heavy atom. The van der Waals surface area contributed by atoms with E-state index < -0.39 is 10.0 Å². The van der Waals surface area contributed by atoms with Gasteiger partial charge >= 0.3 is 0 Å². The molecule has 0 fully saturated rings. The van der Waals surface area contributed by atoms with Crippen molar-refractivity contribution in [3.63, 3.8) is 0 Å². The number of sulfonamides is 1. The van der Waals surface area contributed by atoms with E-state index in [-0.39, 0.29) is 21.7 Å². The van der Waals surface area contributed by atoms with Crippen molar-refractivity contribution in [1.29, 1.82) is 0 Å². The first-order chi connectivity index (χ1) is 14.9. The minimum Gasteiger partial charge on any atom is -0.497 e. The number of anilines is 3. The Morgan fingerprint density at radius 2 is 1.65 bits per heavy atom. The van der Waals surface area contributed by atoms with E-state index in [4.69, 9.17) is 27.9 Å². The van der Waals surface area contributed by atoms with Gasteiger partial charge in [-0.05, 0) is 36.4 Å². The molecule has 4 rings (SSSR count). The Labute approximate surface area is 188 Å². The van der Waals surface area contributed by atoms with Gasteiger partial charge in [-0.1, -0.05) is 35.3 Å². The summed E-state index contributed by atoms with van der Waals surface area (Å²) >= 11 is 12.1. The summed E-state index contributed by atoms with van der Waals surface area (Å²) < 4.78 is 33.5. The summed E-state index contributed by atoms with van der Waals surface area (Å²) in [4.78, 5) is 12.7. The predicted molar refractivity (Wildman–Crippen MR) is 121 cm³/mol. The van der Waals surface area contributed by atoms with Gasteiger partial charge in [0.05, 0.1) is 28.9 Å². The molecule has 0 radical (unpaired) electrons. The molecule has 0 aliphatic heterocycles. The van der Waals surface area contributed by atoms with Crippen molar-refractivity contribution >= 4 is 61.6 Å². The van der Waals surface area contributed by atoms with Crippen molar-refractivity contribution in [2.75, 3.05) is 17.1 Å². The van der Waals surface area contributed by atoms with Gasteiger partial charge in [0, 0.05) is 12.3 Å². The molecule has 2 N–H and O–H groups in total. The summed E-state index contributed by atoms with van der Waals surface area (Å²) in [5.41, 5.74) is 1.55. The topological polar surface area (TPSA) is 106 Å². The minimum absolute atomic E-state index is 0.00691. The lowest BCUT2D eigenvalue weighted by Crippen LogP contribution is -2.16. The number of pyridine rings is 1. The van der Waals surface area contributed by atoms with Crippen LogP contribution in [0.2, 0.25) is 10.2 Å². The van der Waals surface area contributed by atoms with Crippen LogP contribution in [0.15, 0.2) is 65.7 Å². The van der Waals surface area contributed by atoms with Crippen LogP contribution in [0.1, 0.15) is 0 Å². The molecule has 0 saturated carbocycles. The van der Waals surface area contributed by atoms with Crippen molar-refractivity contribution in [3.05, 3.63) is 71.0 Å². The van der Waals surface area contributed by atoms with Crippen LogP contribution in [0, 0.1) is 0 Å². The summed E-state index contributed by atoms with van der Waals surface area (Å²) in [6, 6.07) is 14.8. The molecule has 0 bridgehead atoms. The highest BCUT2D eigenvalue weighted by molar-refractivity contribution is 7.92. The fourth-order valence-electron chi connectivity index (χ4n) is 2.72. The summed E-state index contributed by atoms with van der Waals surface area (Å²) in [6.45, 7) is 0. The first-order valence-corrected chi connectivity index (χ1v) is 11.1. The van der Waals surface area contributed by atoms with Gasteiger partial charge in [-0.2, -0.15) is 0 Å². The smallest absolute Gasteiger partial charge is 0.264 e. The fraction of sp³-hybridized carbons (Fsp3) is 0.0500. The van der Waals surface area contributed by atoms with Crippen molar-refractivity contribution in [3.8, 4) is 5.75 Å². The fourth-order valence-corrected chi connectivity index (χ4v) is 3.95. The van der Waals surface area contributed by atoms with Gasteiger partial charge < -0.3 is 10.1 Å². The average molecular weight is 476 g/mol. The normalized spacial score (nSPS) is 11.3. The van der Waals surface area contributed by atoms with Crippen LogP contribution >= 0.6 is 23.2 Å². The molecule has 2 aromatic carbocycles. The van der Waals surface area contributed by atoms with E-state index in [1.165, 1.54) is 19.2 Å². The summed E-state index contributed by atoms with van der Waals surface area (Å²) in [5, 5.41) is 3.62. The predicted octanol–water partition coefficient (Wildman–Crippen LogP) is 4.88. The number of halogens is 2. The van der Waals surface area contributed by atoms with E-state index in [1.807, 2.05) is 6.07 Å². The number of fused-ring (bicyclic) bond motifs is 1. The summed E-state index contributed by atoms with van der Waals surface area (Å²) in [7, 11) is -2.48. The monoisotopic (exact) mass is 475 g/mol. The van der Waals surface area contributed by atoms with Crippen LogP contribution in [0.5, 0.6) is 5.75 Å². The van der Waals surface area contributed by atoms with Gasteiger partial charge in [0.25, 0.3) is 10.0 Å². The molecule has 158 valence electrons. The quantitative estimate of drug-likeness (QED) is 0.382. The molecule has 2 heterocycles. The maximum atomic E-state index is 12.9. The molecule has 11 heteroatoms. The van der Waals surface area contributed by atoms with E-state index in [2.05, 4.69) is 25.0 Å². The van der Waals surface area contributed by atoms with Gasteiger partial charge in [-0.25, -0.2) is 23.4 Å². The maximum Gasteiger partial charge on any atom is 0.264 e. The SMILES string of the molecule is COc1ccc(Cl)c(Nc2nc3ccccc3nc2NS(=O)(=O)c2ccc(Cl)nc2)c1. The number of hydrogen-bond acceptors (Lipinski definition) is 7. The molecule has 4 aromatic rings. The molecule has 0 amide bonds. The number of rotatable bonds is 6. The van der Waals surface area contributed by atoms with Crippen molar-refractivity contribution in [1.82, 2.24) is 15.0 Å². The lowest BCUT2D eigenvalue weighted by Gasteiger charge is -2.15. The lowest BCUT2D eigenvalue weighted by atomic mass is 10.3. The van der Waals surface area contributed by atoms with Crippen LogP contribution in [-0.4, -0.2) is 30.5 Å². The number of ether oxygens (including phenoxy) is 1. The molecule has 0 aliphatic carbocycles. The second-order valence-corrected chi connectivity index (χ2v) is 8.78. The number of aromatic nitrogens is 3. The Balaban J connectivity index is 1.79. The van der Waals surface area contributed by atoms with E-state index in [0.717, 1.165) is 6.20 Å². The van der Waals surface area contributed by atoms with E-state index in [9.17, 15) is 8.42 Å². The van der Waals surface area contributed by atoms with Crippen LogP contribution in [0.25, 0.3) is 11.0 Å². The number of benzene rings is 2. The van der Waals surface area contributed by atoms with Crippen molar-refractivity contribution < 1.29 is 13.2 Å². The standard InChI is InChI=1S/C20H15Cl2N5O3S/c1-30-12-6-8-14(21)17(10-12)26-19-20(25-16-5-3-2-4-15(16)24-19)27-31(28,29)13-7-9-18(22)23-11-13/h2-11H,1H3,(H,24,26)(H,25,27).